The molecule has 236 valence electrons. The number of ketones is 4. The highest BCUT2D eigenvalue weighted by Crippen LogP contribution is 2.16. The third-order valence-electron chi connectivity index (χ3n) is 6.99. The monoisotopic (exact) mass is 599 g/mol. The summed E-state index contributed by atoms with van der Waals surface area (Å²) in [6.07, 6.45) is 2.26. The molecule has 1 aliphatic heterocycles. The third-order valence-corrected chi connectivity index (χ3v) is 6.99. The van der Waals surface area contributed by atoms with Crippen molar-refractivity contribution in [1.29, 1.82) is 0 Å². The standard InChI is InChI=1S/C31H45N5O7/c1-23(37)18-33-11-12-34(19-24(2)38)15-16-36(21-26(4)40)29(22-35(14-13-33)20-25(3)39)17-27-5-7-28(8-6-27)32-30(41)9-10-31(42)43/h5-10,29H,11-22H2,1-4H3,(H,32,41)(H,42,43)/b10-9-. The fourth-order valence-corrected chi connectivity index (χ4v) is 5.17. The van der Waals surface area contributed by atoms with E-state index in [9.17, 15) is 28.8 Å². The van der Waals surface area contributed by atoms with Gasteiger partial charge >= 0.3 is 5.97 Å². The molecule has 1 aliphatic rings. The molecule has 0 aliphatic carbocycles. The topological polar surface area (TPSA) is 148 Å². The van der Waals surface area contributed by atoms with Crippen LogP contribution < -0.4 is 5.32 Å². The van der Waals surface area contributed by atoms with Crippen LogP contribution in [-0.4, -0.2) is 138 Å². The molecule has 1 unspecified atom stereocenters. The normalized spacial score (nSPS) is 18.5. The van der Waals surface area contributed by atoms with E-state index in [0.29, 0.717) is 57.9 Å². The van der Waals surface area contributed by atoms with Crippen molar-refractivity contribution in [1.82, 2.24) is 19.6 Å². The van der Waals surface area contributed by atoms with Gasteiger partial charge in [-0.3, -0.25) is 43.6 Å². The minimum atomic E-state index is -1.22. The lowest BCUT2D eigenvalue weighted by molar-refractivity contribution is -0.131. The number of Topliss-reactive ketones (excluding diaryl/α,β-unsaturated/α-hetero) is 4. The predicted molar refractivity (Wildman–Crippen MR) is 163 cm³/mol. The fourth-order valence-electron chi connectivity index (χ4n) is 5.17. The predicted octanol–water partition coefficient (Wildman–Crippen LogP) is 0.755. The second-order valence-corrected chi connectivity index (χ2v) is 11.3. The van der Waals surface area contributed by atoms with Crippen LogP contribution in [0.1, 0.15) is 33.3 Å². The maximum atomic E-state index is 12.4. The van der Waals surface area contributed by atoms with Crippen LogP contribution >= 0.6 is 0 Å². The summed E-state index contributed by atoms with van der Waals surface area (Å²) >= 11 is 0. The van der Waals surface area contributed by atoms with Gasteiger partial charge in [-0.1, -0.05) is 12.1 Å². The zero-order valence-electron chi connectivity index (χ0n) is 25.7. The highest BCUT2D eigenvalue weighted by Gasteiger charge is 2.26. The third kappa shape index (κ3) is 14.9. The van der Waals surface area contributed by atoms with Gasteiger partial charge in [0.25, 0.3) is 0 Å². The molecule has 43 heavy (non-hydrogen) atoms. The molecule has 12 heteroatoms. The van der Waals surface area contributed by atoms with E-state index in [1.165, 1.54) is 0 Å². The van der Waals surface area contributed by atoms with Gasteiger partial charge in [-0.2, -0.15) is 0 Å². The highest BCUT2D eigenvalue weighted by molar-refractivity contribution is 6.02. The summed E-state index contributed by atoms with van der Waals surface area (Å²) in [5.74, 6) is -1.66. The minimum absolute atomic E-state index is 0.00781. The number of anilines is 1. The smallest absolute Gasteiger partial charge is 0.328 e. The van der Waals surface area contributed by atoms with Crippen LogP contribution in [0, 0.1) is 0 Å². The first-order valence-corrected chi connectivity index (χ1v) is 14.5. The van der Waals surface area contributed by atoms with Crippen molar-refractivity contribution in [2.75, 3.05) is 77.3 Å². The summed E-state index contributed by atoms with van der Waals surface area (Å²) in [6.45, 7) is 11.1. The molecule has 0 bridgehead atoms. The lowest BCUT2D eigenvalue weighted by Gasteiger charge is -2.38. The Hall–Kier alpha value is -3.58. The zero-order valence-corrected chi connectivity index (χ0v) is 25.7. The Balaban J connectivity index is 2.36. The van der Waals surface area contributed by atoms with Gasteiger partial charge in [0.1, 0.15) is 23.1 Å². The van der Waals surface area contributed by atoms with Gasteiger partial charge in [-0.25, -0.2) is 4.79 Å². The Morgan fingerprint density at radius 3 is 1.65 bits per heavy atom. The van der Waals surface area contributed by atoms with E-state index in [1.807, 2.05) is 12.1 Å². The van der Waals surface area contributed by atoms with Crippen LogP contribution in [0.25, 0.3) is 0 Å². The second-order valence-electron chi connectivity index (χ2n) is 11.3. The minimum Gasteiger partial charge on any atom is -0.478 e. The van der Waals surface area contributed by atoms with Crippen molar-refractivity contribution in [3.05, 3.63) is 42.0 Å². The molecule has 0 saturated carbocycles. The Morgan fingerprint density at radius 2 is 1.16 bits per heavy atom. The molecule has 2 N–H and O–H groups in total. The molecule has 1 aromatic carbocycles. The van der Waals surface area contributed by atoms with Gasteiger partial charge in [0, 0.05) is 69.7 Å². The highest BCUT2D eigenvalue weighted by atomic mass is 16.4. The van der Waals surface area contributed by atoms with E-state index < -0.39 is 11.9 Å². The number of benzene rings is 1. The first-order chi connectivity index (χ1) is 20.3. The molecule has 1 saturated heterocycles. The van der Waals surface area contributed by atoms with Crippen molar-refractivity contribution < 1.29 is 33.9 Å². The number of amides is 1. The number of aliphatic carboxylic acids is 1. The quantitative estimate of drug-likeness (QED) is 0.310. The summed E-state index contributed by atoms with van der Waals surface area (Å²) in [6, 6.07) is 7.04. The summed E-state index contributed by atoms with van der Waals surface area (Å²) in [5.41, 5.74) is 1.46. The van der Waals surface area contributed by atoms with Crippen molar-refractivity contribution in [2.24, 2.45) is 0 Å². The van der Waals surface area contributed by atoms with Crippen molar-refractivity contribution in [3.8, 4) is 0 Å². The number of carbonyl (C=O) groups is 6. The Labute approximate surface area is 253 Å². The van der Waals surface area contributed by atoms with Crippen LogP contribution in [0.2, 0.25) is 0 Å². The number of nitrogens with one attached hydrogen (secondary N) is 1. The SMILES string of the molecule is CC(=O)CN1CCN(CC(C)=O)CCN(CC(C)=O)C(Cc2ccc(NC(=O)/C=C\C(=O)O)cc2)CN(CC(C)=O)CC1. The van der Waals surface area contributed by atoms with Gasteiger partial charge in [0.2, 0.25) is 5.91 Å². The number of carboxylic acid groups (broad SMARTS) is 1. The first kappa shape index (κ1) is 35.6. The average molecular weight is 600 g/mol. The Kier molecular flexibility index (Phi) is 15.0. The molecule has 12 nitrogen and oxygen atoms in total. The van der Waals surface area contributed by atoms with Gasteiger partial charge in [-0.05, 0) is 51.8 Å². The second kappa shape index (κ2) is 18.2. The average Bonchev–Trinajstić information content (AvgIpc) is 2.89. The number of carboxylic acids is 1. The van der Waals surface area contributed by atoms with E-state index in [-0.39, 0.29) is 55.4 Å². The molecule has 0 spiro atoms. The van der Waals surface area contributed by atoms with E-state index in [2.05, 4.69) is 24.9 Å². The number of hydrogen-bond acceptors (Lipinski definition) is 10. The largest absolute Gasteiger partial charge is 0.478 e. The molecule has 1 heterocycles. The summed E-state index contributed by atoms with van der Waals surface area (Å²) < 4.78 is 0. The molecule has 2 rings (SSSR count). The van der Waals surface area contributed by atoms with Crippen LogP contribution in [0.4, 0.5) is 5.69 Å². The van der Waals surface area contributed by atoms with Crippen molar-refractivity contribution in [3.63, 3.8) is 0 Å². The van der Waals surface area contributed by atoms with Gasteiger partial charge < -0.3 is 10.4 Å². The molecule has 0 aromatic heterocycles. The number of carbonyl (C=O) groups excluding carboxylic acids is 5. The first-order valence-electron chi connectivity index (χ1n) is 14.5. The number of rotatable bonds is 13. The van der Waals surface area contributed by atoms with E-state index >= 15 is 0 Å². The zero-order chi connectivity index (χ0) is 31.9. The molecule has 1 atom stereocenters. The summed E-state index contributed by atoms with van der Waals surface area (Å²) in [4.78, 5) is 79.6. The van der Waals surface area contributed by atoms with Crippen molar-refractivity contribution in [2.45, 2.75) is 40.2 Å². The summed E-state index contributed by atoms with van der Waals surface area (Å²) in [5, 5.41) is 11.3. The van der Waals surface area contributed by atoms with Crippen LogP contribution in [0.5, 0.6) is 0 Å². The molecule has 1 amide bonds. The maximum absolute atomic E-state index is 12.4. The molecular weight excluding hydrogens is 554 g/mol. The van der Waals surface area contributed by atoms with Crippen LogP contribution in [-0.2, 0) is 35.2 Å². The molecule has 1 aromatic rings. The van der Waals surface area contributed by atoms with Crippen molar-refractivity contribution >= 4 is 40.7 Å². The maximum Gasteiger partial charge on any atom is 0.328 e. The number of nitrogens with zero attached hydrogens (tertiary/aromatic N) is 4. The Bertz CT molecular complexity index is 1170. The molecule has 1 fully saturated rings. The fraction of sp³-hybridized carbons (Fsp3) is 0.548. The molecular formula is C31H45N5O7. The lowest BCUT2D eigenvalue weighted by atomic mass is 10.0. The van der Waals surface area contributed by atoms with Gasteiger partial charge in [0.15, 0.2) is 0 Å². The number of hydrogen-bond donors (Lipinski definition) is 2. The van der Waals surface area contributed by atoms with Gasteiger partial charge in [-0.15, -0.1) is 0 Å². The van der Waals surface area contributed by atoms with Gasteiger partial charge in [0.05, 0.1) is 26.2 Å². The van der Waals surface area contributed by atoms with E-state index in [1.54, 1.807) is 39.8 Å². The van der Waals surface area contributed by atoms with E-state index in [0.717, 1.165) is 17.7 Å². The summed E-state index contributed by atoms with van der Waals surface area (Å²) in [7, 11) is 0. The van der Waals surface area contributed by atoms with E-state index in [4.69, 9.17) is 5.11 Å². The van der Waals surface area contributed by atoms with Crippen LogP contribution in [0.3, 0.4) is 0 Å². The molecule has 0 radical (unpaired) electrons. The van der Waals surface area contributed by atoms with Crippen LogP contribution in [0.15, 0.2) is 36.4 Å². The lowest BCUT2D eigenvalue weighted by Crippen LogP contribution is -2.53. The Morgan fingerprint density at radius 1 is 0.698 bits per heavy atom.